The molecule has 0 N–H and O–H groups in total. The number of rotatable bonds is 5. The van der Waals surface area contributed by atoms with E-state index in [0.29, 0.717) is 17.4 Å². The van der Waals surface area contributed by atoms with Gasteiger partial charge in [-0.1, -0.05) is 23.6 Å². The highest BCUT2D eigenvalue weighted by atomic mass is 35.5. The molecule has 0 aliphatic carbocycles. The number of ether oxygens (including phenoxy) is 2. The maximum atomic E-state index is 11.5. The summed E-state index contributed by atoms with van der Waals surface area (Å²) in [4.78, 5) is 11.5. The second kappa shape index (κ2) is 6.67. The second-order valence-electron chi connectivity index (χ2n) is 3.80. The average molecular weight is 313 g/mol. The van der Waals surface area contributed by atoms with Crippen molar-refractivity contribution in [1.82, 2.24) is 10.2 Å². The van der Waals surface area contributed by atoms with E-state index in [9.17, 15) is 4.79 Å². The lowest BCUT2D eigenvalue weighted by atomic mass is 10.2. The molecule has 0 radical (unpaired) electrons. The molecule has 0 atom stereocenters. The molecule has 0 fully saturated rings. The quantitative estimate of drug-likeness (QED) is 0.787. The van der Waals surface area contributed by atoms with Crippen LogP contribution in [0.1, 0.15) is 29.2 Å². The van der Waals surface area contributed by atoms with E-state index in [2.05, 4.69) is 10.2 Å². The zero-order chi connectivity index (χ0) is 14.5. The Bertz CT molecular complexity index is 615. The molecule has 20 heavy (non-hydrogen) atoms. The lowest BCUT2D eigenvalue weighted by Gasteiger charge is -2.05. The lowest BCUT2D eigenvalue weighted by Crippen LogP contribution is -2.03. The Morgan fingerprint density at radius 3 is 2.85 bits per heavy atom. The number of hydrogen-bond donors (Lipinski definition) is 0. The van der Waals surface area contributed by atoms with Gasteiger partial charge < -0.3 is 9.47 Å². The van der Waals surface area contributed by atoms with Crippen LogP contribution in [0.2, 0.25) is 5.02 Å². The second-order valence-corrected chi connectivity index (χ2v) is 5.15. The van der Waals surface area contributed by atoms with E-state index < -0.39 is 5.97 Å². The third kappa shape index (κ3) is 3.46. The van der Waals surface area contributed by atoms with Crippen molar-refractivity contribution in [2.24, 2.45) is 0 Å². The zero-order valence-electron chi connectivity index (χ0n) is 11.1. The minimum Gasteiger partial charge on any atom is -0.461 e. The highest BCUT2D eigenvalue weighted by Gasteiger charge is 2.15. The molecule has 0 saturated heterocycles. The topological polar surface area (TPSA) is 61.3 Å². The molecule has 0 saturated carbocycles. The van der Waals surface area contributed by atoms with Gasteiger partial charge in [-0.15, -0.1) is 5.10 Å². The van der Waals surface area contributed by atoms with Crippen LogP contribution < -0.4 is 4.74 Å². The number of aromatic nitrogens is 2. The van der Waals surface area contributed by atoms with Gasteiger partial charge in [0.15, 0.2) is 0 Å². The van der Waals surface area contributed by atoms with Gasteiger partial charge in [0.25, 0.3) is 5.19 Å². The van der Waals surface area contributed by atoms with Crippen LogP contribution in [0.4, 0.5) is 0 Å². The smallest absolute Gasteiger partial charge is 0.369 e. The Balaban J connectivity index is 2.12. The van der Waals surface area contributed by atoms with Gasteiger partial charge in [-0.2, -0.15) is 0 Å². The lowest BCUT2D eigenvalue weighted by molar-refractivity contribution is 0.0525. The highest BCUT2D eigenvalue weighted by molar-refractivity contribution is 7.14. The maximum Gasteiger partial charge on any atom is 0.369 e. The first-order chi connectivity index (χ1) is 9.63. The van der Waals surface area contributed by atoms with Gasteiger partial charge >= 0.3 is 5.97 Å². The van der Waals surface area contributed by atoms with Crippen molar-refractivity contribution in [2.75, 3.05) is 6.61 Å². The number of nitrogens with zero attached hydrogens (tertiary/aromatic N) is 2. The van der Waals surface area contributed by atoms with E-state index in [4.69, 9.17) is 21.1 Å². The Morgan fingerprint density at radius 2 is 2.15 bits per heavy atom. The molecule has 7 heteroatoms. The molecule has 1 aromatic carbocycles. The number of carbonyl (C=O) groups excluding carboxylic acids is 1. The first-order valence-corrected chi connectivity index (χ1v) is 7.30. The summed E-state index contributed by atoms with van der Waals surface area (Å²) in [6, 6.07) is 5.35. The zero-order valence-corrected chi connectivity index (χ0v) is 12.6. The summed E-state index contributed by atoms with van der Waals surface area (Å²) in [6.45, 7) is 4.04. The first kappa shape index (κ1) is 14.7. The number of benzene rings is 1. The monoisotopic (exact) mass is 312 g/mol. The van der Waals surface area contributed by atoms with Crippen molar-refractivity contribution in [1.29, 1.82) is 0 Å². The Morgan fingerprint density at radius 1 is 1.35 bits per heavy atom. The van der Waals surface area contributed by atoms with E-state index in [1.807, 2.05) is 13.0 Å². The number of esters is 1. The van der Waals surface area contributed by atoms with E-state index in [1.54, 1.807) is 19.1 Å². The van der Waals surface area contributed by atoms with Gasteiger partial charge in [0, 0.05) is 5.02 Å². The van der Waals surface area contributed by atoms with Gasteiger partial charge in [-0.05, 0) is 48.4 Å². The van der Waals surface area contributed by atoms with Crippen molar-refractivity contribution in [2.45, 2.75) is 20.3 Å². The van der Waals surface area contributed by atoms with Crippen molar-refractivity contribution in [3.05, 3.63) is 33.8 Å². The molecular weight excluding hydrogens is 300 g/mol. The fourth-order valence-corrected chi connectivity index (χ4v) is 2.37. The van der Waals surface area contributed by atoms with Crippen molar-refractivity contribution in [3.63, 3.8) is 0 Å². The largest absolute Gasteiger partial charge is 0.461 e. The highest BCUT2D eigenvalue weighted by Crippen LogP contribution is 2.28. The number of carbonyl (C=O) groups is 1. The molecule has 5 nitrogen and oxygen atoms in total. The third-order valence-electron chi connectivity index (χ3n) is 2.46. The first-order valence-electron chi connectivity index (χ1n) is 6.11. The Hall–Kier alpha value is -1.66. The van der Waals surface area contributed by atoms with E-state index >= 15 is 0 Å². The summed E-state index contributed by atoms with van der Waals surface area (Å²) in [5.41, 5.74) is 0.985. The van der Waals surface area contributed by atoms with E-state index in [-0.39, 0.29) is 10.2 Å². The van der Waals surface area contributed by atoms with Crippen molar-refractivity contribution >= 4 is 28.9 Å². The molecule has 1 aromatic heterocycles. The number of halogens is 1. The summed E-state index contributed by atoms with van der Waals surface area (Å²) >= 11 is 7.08. The van der Waals surface area contributed by atoms with Crippen LogP contribution >= 0.6 is 22.9 Å². The molecule has 0 unspecified atom stereocenters. The maximum absolute atomic E-state index is 11.5. The fourth-order valence-electron chi connectivity index (χ4n) is 1.51. The minimum atomic E-state index is -0.495. The third-order valence-corrected chi connectivity index (χ3v) is 3.61. The standard InChI is InChI=1S/C13H13ClN2O3S/c1-3-8-7-9(5-6-10(8)14)19-13-16-15-11(20-13)12(17)18-4-2/h5-7H,3-4H2,1-2H3. The molecule has 0 bridgehead atoms. The minimum absolute atomic E-state index is 0.173. The van der Waals surface area contributed by atoms with Crippen LogP contribution in [0.5, 0.6) is 10.9 Å². The Kier molecular flexibility index (Phi) is 4.92. The van der Waals surface area contributed by atoms with Crippen LogP contribution in [0.15, 0.2) is 18.2 Å². The molecular formula is C13H13ClN2O3S. The van der Waals surface area contributed by atoms with E-state index in [1.165, 1.54) is 0 Å². The molecule has 0 spiro atoms. The van der Waals surface area contributed by atoms with Crippen LogP contribution in [-0.4, -0.2) is 22.8 Å². The predicted octanol–water partition coefficient (Wildman–Crippen LogP) is 3.72. The van der Waals surface area contributed by atoms with E-state index in [0.717, 1.165) is 23.3 Å². The van der Waals surface area contributed by atoms with Gasteiger partial charge in [0.1, 0.15) is 5.75 Å². The summed E-state index contributed by atoms with van der Waals surface area (Å²) in [5.74, 6) is 0.114. The Labute approximate surface area is 125 Å². The normalized spacial score (nSPS) is 10.3. The van der Waals surface area contributed by atoms with Crippen LogP contribution in [-0.2, 0) is 11.2 Å². The summed E-state index contributed by atoms with van der Waals surface area (Å²) < 4.78 is 10.4. The molecule has 0 aliphatic rings. The van der Waals surface area contributed by atoms with Gasteiger partial charge in [-0.3, -0.25) is 0 Å². The molecule has 106 valence electrons. The van der Waals surface area contributed by atoms with Gasteiger partial charge in [0.05, 0.1) is 6.61 Å². The molecule has 1 heterocycles. The van der Waals surface area contributed by atoms with Gasteiger partial charge in [0.2, 0.25) is 5.01 Å². The molecule has 0 aliphatic heterocycles. The summed E-state index contributed by atoms with van der Waals surface area (Å²) in [6.07, 6.45) is 0.806. The SMILES string of the molecule is CCOC(=O)c1nnc(Oc2ccc(Cl)c(CC)c2)s1. The molecule has 2 rings (SSSR count). The average Bonchev–Trinajstić information content (AvgIpc) is 2.90. The van der Waals surface area contributed by atoms with Crippen LogP contribution in [0.3, 0.4) is 0 Å². The molecule has 2 aromatic rings. The van der Waals surface area contributed by atoms with Crippen molar-refractivity contribution in [3.8, 4) is 10.9 Å². The van der Waals surface area contributed by atoms with Crippen molar-refractivity contribution < 1.29 is 14.3 Å². The summed E-state index contributed by atoms with van der Waals surface area (Å²) in [5, 5.41) is 8.70. The number of hydrogen-bond acceptors (Lipinski definition) is 6. The molecule has 0 amide bonds. The number of aryl methyl sites for hydroxylation is 1. The van der Waals surface area contributed by atoms with Gasteiger partial charge in [-0.25, -0.2) is 4.79 Å². The van der Waals surface area contributed by atoms with Crippen LogP contribution in [0, 0.1) is 0 Å². The summed E-state index contributed by atoms with van der Waals surface area (Å²) in [7, 11) is 0. The fraction of sp³-hybridized carbons (Fsp3) is 0.308. The predicted molar refractivity (Wildman–Crippen MR) is 76.8 cm³/mol. The van der Waals surface area contributed by atoms with Crippen LogP contribution in [0.25, 0.3) is 0 Å².